The number of piperazine rings is 1. The van der Waals surface area contributed by atoms with Crippen molar-refractivity contribution in [3.8, 4) is 11.3 Å². The summed E-state index contributed by atoms with van der Waals surface area (Å²) in [6.45, 7) is 5.97. The van der Waals surface area contributed by atoms with Crippen LogP contribution in [0.3, 0.4) is 0 Å². The zero-order valence-corrected chi connectivity index (χ0v) is 27.7. The van der Waals surface area contributed by atoms with E-state index in [-0.39, 0.29) is 37.5 Å². The van der Waals surface area contributed by atoms with E-state index in [0.29, 0.717) is 31.3 Å². The van der Waals surface area contributed by atoms with Gasteiger partial charge in [-0.05, 0) is 50.2 Å². The molecule has 2 saturated heterocycles. The maximum Gasteiger partial charge on any atom is 0.409 e. The lowest BCUT2D eigenvalue weighted by atomic mass is 9.93. The molecule has 2 fully saturated rings. The predicted molar refractivity (Wildman–Crippen MR) is 178 cm³/mol. The van der Waals surface area contributed by atoms with Crippen LogP contribution in [0.15, 0.2) is 42.5 Å². The van der Waals surface area contributed by atoms with E-state index in [1.165, 1.54) is 0 Å². The highest BCUT2D eigenvalue weighted by Crippen LogP contribution is 2.29. The fourth-order valence-electron chi connectivity index (χ4n) is 6.03. The number of unbranched alkanes of at least 4 members (excludes halogenated alkanes) is 2. The lowest BCUT2D eigenvalue weighted by Crippen LogP contribution is -2.56. The number of aliphatic carboxylic acids is 1. The molecular formula is C35H49N5O7. The predicted octanol–water partition coefficient (Wildman–Crippen LogP) is 4.44. The van der Waals surface area contributed by atoms with Crippen LogP contribution >= 0.6 is 0 Å². The molecule has 3 heterocycles. The number of nitrogens with zero attached hydrogens (tertiary/aromatic N) is 4. The van der Waals surface area contributed by atoms with Crippen LogP contribution in [0.2, 0.25) is 0 Å². The number of anilines is 1. The van der Waals surface area contributed by atoms with Crippen LogP contribution in [-0.2, 0) is 19.1 Å². The number of carbonyl (C=O) groups is 4. The first-order valence-electron chi connectivity index (χ1n) is 16.8. The van der Waals surface area contributed by atoms with Crippen molar-refractivity contribution in [2.45, 2.75) is 64.3 Å². The molecule has 2 aliphatic heterocycles. The average Bonchev–Trinajstić information content (AvgIpc) is 3.11. The normalized spacial score (nSPS) is 16.1. The van der Waals surface area contributed by atoms with Gasteiger partial charge in [0, 0.05) is 70.7 Å². The van der Waals surface area contributed by atoms with Crippen LogP contribution < -0.4 is 10.2 Å². The Morgan fingerprint density at radius 3 is 2.32 bits per heavy atom. The van der Waals surface area contributed by atoms with Crippen molar-refractivity contribution < 1.29 is 33.8 Å². The molecule has 3 amide bonds. The third-order valence-electron chi connectivity index (χ3n) is 8.90. The number of rotatable bonds is 15. The Hall–Kier alpha value is -4.19. The zero-order chi connectivity index (χ0) is 33.6. The molecule has 2 aromatic rings. The van der Waals surface area contributed by atoms with E-state index in [1.807, 2.05) is 36.4 Å². The second kappa shape index (κ2) is 18.2. The number of piperidine rings is 1. The van der Waals surface area contributed by atoms with Gasteiger partial charge in [0.1, 0.15) is 11.7 Å². The molecule has 0 aliphatic carbocycles. The van der Waals surface area contributed by atoms with Crippen molar-refractivity contribution in [1.29, 1.82) is 0 Å². The SMILES string of the molecule is CCCCCOC(=O)N1CCN(C(=O)[C@H](CCC(=O)O)NC(=O)c2cc(N3CCC(CCOC)CC3)cc(-c3ccccc3)n2)CC1. The lowest BCUT2D eigenvalue weighted by Gasteiger charge is -2.36. The number of methoxy groups -OCH3 is 1. The molecule has 0 bridgehead atoms. The molecule has 0 saturated carbocycles. The van der Waals surface area contributed by atoms with Gasteiger partial charge in [0.05, 0.1) is 12.3 Å². The Balaban J connectivity index is 1.47. The van der Waals surface area contributed by atoms with Crippen molar-refractivity contribution >= 4 is 29.6 Å². The fourth-order valence-corrected chi connectivity index (χ4v) is 6.03. The molecule has 256 valence electrons. The minimum atomic E-state index is -1.06. The van der Waals surface area contributed by atoms with Gasteiger partial charge in [-0.15, -0.1) is 0 Å². The van der Waals surface area contributed by atoms with Crippen molar-refractivity contribution in [2.75, 3.05) is 64.5 Å². The highest BCUT2D eigenvalue weighted by Gasteiger charge is 2.31. The topological polar surface area (TPSA) is 142 Å². The molecule has 47 heavy (non-hydrogen) atoms. The maximum absolute atomic E-state index is 13.8. The molecule has 12 heteroatoms. The number of benzene rings is 1. The third kappa shape index (κ3) is 10.7. The van der Waals surface area contributed by atoms with Crippen molar-refractivity contribution in [2.24, 2.45) is 5.92 Å². The second-order valence-corrected chi connectivity index (χ2v) is 12.3. The van der Waals surface area contributed by atoms with Crippen molar-refractivity contribution in [3.63, 3.8) is 0 Å². The molecule has 0 spiro atoms. The smallest absolute Gasteiger partial charge is 0.409 e. The van der Waals surface area contributed by atoms with Crippen molar-refractivity contribution in [1.82, 2.24) is 20.1 Å². The van der Waals surface area contributed by atoms with Gasteiger partial charge >= 0.3 is 12.1 Å². The van der Waals surface area contributed by atoms with Gasteiger partial charge in [-0.3, -0.25) is 14.4 Å². The average molecular weight is 652 g/mol. The van der Waals surface area contributed by atoms with Gasteiger partial charge in [0.15, 0.2) is 0 Å². The van der Waals surface area contributed by atoms with Crippen molar-refractivity contribution in [3.05, 3.63) is 48.2 Å². The summed E-state index contributed by atoms with van der Waals surface area (Å²) in [6, 6.07) is 12.3. The first-order valence-corrected chi connectivity index (χ1v) is 16.8. The minimum absolute atomic E-state index is 0.0696. The molecule has 2 N–H and O–H groups in total. The Morgan fingerprint density at radius 1 is 0.957 bits per heavy atom. The minimum Gasteiger partial charge on any atom is -0.481 e. The summed E-state index contributed by atoms with van der Waals surface area (Å²) in [7, 11) is 1.72. The highest BCUT2D eigenvalue weighted by molar-refractivity contribution is 5.97. The number of amides is 3. The Bertz CT molecular complexity index is 1320. The zero-order valence-electron chi connectivity index (χ0n) is 27.7. The molecule has 0 unspecified atom stereocenters. The Labute approximate surface area is 277 Å². The van der Waals surface area contributed by atoms with E-state index < -0.39 is 24.0 Å². The number of carboxylic acid groups (broad SMARTS) is 1. The number of nitrogens with one attached hydrogen (secondary N) is 1. The monoisotopic (exact) mass is 651 g/mol. The van der Waals surface area contributed by atoms with Crippen LogP contribution in [0.5, 0.6) is 0 Å². The van der Waals surface area contributed by atoms with Gasteiger partial charge in [0.2, 0.25) is 5.91 Å². The summed E-state index contributed by atoms with van der Waals surface area (Å²) in [5, 5.41) is 12.2. The summed E-state index contributed by atoms with van der Waals surface area (Å²) in [6.07, 6.45) is 5.12. The number of pyridine rings is 1. The van der Waals surface area contributed by atoms with Crippen LogP contribution in [0, 0.1) is 5.92 Å². The first kappa shape index (κ1) is 35.7. The van der Waals surface area contributed by atoms with E-state index in [9.17, 15) is 24.3 Å². The van der Waals surface area contributed by atoms with Gasteiger partial charge in [0.25, 0.3) is 5.91 Å². The Morgan fingerprint density at radius 2 is 1.66 bits per heavy atom. The number of hydrogen-bond donors (Lipinski definition) is 2. The number of carbonyl (C=O) groups excluding carboxylic acids is 3. The molecule has 2 aliphatic rings. The van der Waals surface area contributed by atoms with E-state index in [4.69, 9.17) is 9.47 Å². The number of hydrogen-bond acceptors (Lipinski definition) is 8. The summed E-state index contributed by atoms with van der Waals surface area (Å²) in [4.78, 5) is 61.4. The van der Waals surface area contributed by atoms with Gasteiger partial charge in [-0.2, -0.15) is 0 Å². The summed E-state index contributed by atoms with van der Waals surface area (Å²) in [5.74, 6) is -1.40. The van der Waals surface area contributed by atoms with Crippen LogP contribution in [0.4, 0.5) is 10.5 Å². The molecule has 0 radical (unpaired) electrons. The van der Waals surface area contributed by atoms with Gasteiger partial charge in [-0.1, -0.05) is 50.1 Å². The summed E-state index contributed by atoms with van der Waals surface area (Å²) < 4.78 is 10.6. The molecular weight excluding hydrogens is 602 g/mol. The summed E-state index contributed by atoms with van der Waals surface area (Å²) in [5.41, 5.74) is 2.53. The third-order valence-corrected chi connectivity index (χ3v) is 8.90. The van der Waals surface area contributed by atoms with E-state index >= 15 is 0 Å². The highest BCUT2D eigenvalue weighted by atomic mass is 16.6. The second-order valence-electron chi connectivity index (χ2n) is 12.3. The maximum atomic E-state index is 13.8. The standard InChI is InChI=1S/C35H49N5O7/c1-3-4-8-22-47-35(45)40-20-18-39(19-21-40)34(44)29(11-12-32(41)42)37-33(43)31-25-28(24-30(36-31)27-9-6-5-7-10-27)38-16-13-26(14-17-38)15-23-46-2/h5-7,9-10,24-26,29H,3-4,8,11-23H2,1-2H3,(H,37,43)(H,41,42)/t29-/m0/s1. The van der Waals surface area contributed by atoms with Crippen LogP contribution in [0.1, 0.15) is 68.8 Å². The lowest BCUT2D eigenvalue weighted by molar-refractivity contribution is -0.138. The number of ether oxygens (including phenoxy) is 2. The largest absolute Gasteiger partial charge is 0.481 e. The number of carboxylic acids is 1. The van der Waals surface area contributed by atoms with Crippen LogP contribution in [0.25, 0.3) is 11.3 Å². The number of aromatic nitrogens is 1. The summed E-state index contributed by atoms with van der Waals surface area (Å²) >= 11 is 0. The van der Waals surface area contributed by atoms with Crippen LogP contribution in [-0.4, -0.2) is 109 Å². The van der Waals surface area contributed by atoms with E-state index in [0.717, 1.165) is 69.5 Å². The first-order chi connectivity index (χ1) is 22.8. The Kier molecular flexibility index (Phi) is 13.8. The molecule has 4 rings (SSSR count). The van der Waals surface area contributed by atoms with Gasteiger partial charge in [-0.25, -0.2) is 9.78 Å². The molecule has 1 aromatic heterocycles. The van der Waals surface area contributed by atoms with E-state index in [2.05, 4.69) is 22.1 Å². The van der Waals surface area contributed by atoms with E-state index in [1.54, 1.807) is 23.0 Å². The molecule has 12 nitrogen and oxygen atoms in total. The molecule has 1 aromatic carbocycles. The van der Waals surface area contributed by atoms with Gasteiger partial charge < -0.3 is 34.6 Å². The molecule has 1 atom stereocenters. The fraction of sp³-hybridized carbons (Fsp3) is 0.571. The quantitative estimate of drug-likeness (QED) is 0.268.